The van der Waals surface area contributed by atoms with E-state index in [2.05, 4.69) is 47.5 Å². The Morgan fingerprint density at radius 2 is 2.06 bits per heavy atom. The summed E-state index contributed by atoms with van der Waals surface area (Å²) in [5, 5.41) is 3.19. The number of likely N-dealkylation sites (tertiary alicyclic amines) is 1. The SMILES string of the molecule is CCc1ccc(-c2nc(CN3CCCC(C(=O)NCCC4=CCCCC4)C3)c(C)o2)cc1. The maximum atomic E-state index is 12.8. The number of aromatic nitrogens is 1. The molecule has 4 rings (SSSR count). The van der Waals surface area contributed by atoms with Gasteiger partial charge in [-0.1, -0.05) is 30.7 Å². The number of allylic oxidation sites excluding steroid dienone is 1. The van der Waals surface area contributed by atoms with Gasteiger partial charge in [-0.3, -0.25) is 9.69 Å². The van der Waals surface area contributed by atoms with Gasteiger partial charge in [0, 0.05) is 25.2 Å². The first-order chi connectivity index (χ1) is 15.6. The predicted molar refractivity (Wildman–Crippen MR) is 128 cm³/mol. The average molecular weight is 436 g/mol. The second-order valence-corrected chi connectivity index (χ2v) is 9.30. The van der Waals surface area contributed by atoms with E-state index in [1.165, 1.54) is 36.8 Å². The first kappa shape index (κ1) is 22.8. The van der Waals surface area contributed by atoms with Crippen molar-refractivity contribution in [3.63, 3.8) is 0 Å². The lowest BCUT2D eigenvalue weighted by molar-refractivity contribution is -0.126. The molecular weight excluding hydrogens is 398 g/mol. The van der Waals surface area contributed by atoms with Gasteiger partial charge in [-0.2, -0.15) is 0 Å². The maximum Gasteiger partial charge on any atom is 0.226 e. The highest BCUT2D eigenvalue weighted by atomic mass is 16.4. The fourth-order valence-electron chi connectivity index (χ4n) is 4.83. The van der Waals surface area contributed by atoms with Crippen LogP contribution in [-0.4, -0.2) is 35.4 Å². The number of benzene rings is 1. The van der Waals surface area contributed by atoms with Gasteiger partial charge in [0.2, 0.25) is 11.8 Å². The minimum Gasteiger partial charge on any atom is -0.441 e. The van der Waals surface area contributed by atoms with E-state index in [0.717, 1.165) is 68.9 Å². The van der Waals surface area contributed by atoms with Gasteiger partial charge in [0.25, 0.3) is 0 Å². The molecule has 32 heavy (non-hydrogen) atoms. The number of rotatable bonds is 8. The Bertz CT molecular complexity index is 929. The first-order valence-electron chi connectivity index (χ1n) is 12.4. The van der Waals surface area contributed by atoms with E-state index in [1.807, 2.05) is 6.92 Å². The summed E-state index contributed by atoms with van der Waals surface area (Å²) in [6.07, 6.45) is 11.4. The molecule has 1 aromatic carbocycles. The van der Waals surface area contributed by atoms with Gasteiger partial charge in [0.05, 0.1) is 11.6 Å². The van der Waals surface area contributed by atoms with Crippen LogP contribution in [0.15, 0.2) is 40.3 Å². The summed E-state index contributed by atoms with van der Waals surface area (Å²) in [4.78, 5) is 19.9. The third-order valence-corrected chi connectivity index (χ3v) is 6.88. The largest absolute Gasteiger partial charge is 0.441 e. The van der Waals surface area contributed by atoms with Crippen molar-refractivity contribution >= 4 is 5.91 Å². The summed E-state index contributed by atoms with van der Waals surface area (Å²) in [5.74, 6) is 1.83. The van der Waals surface area contributed by atoms with Crippen LogP contribution in [0, 0.1) is 12.8 Å². The topological polar surface area (TPSA) is 58.4 Å². The Hall–Kier alpha value is -2.40. The molecule has 0 bridgehead atoms. The lowest BCUT2D eigenvalue weighted by atomic mass is 9.96. The van der Waals surface area contributed by atoms with Gasteiger partial charge in [-0.25, -0.2) is 4.98 Å². The van der Waals surface area contributed by atoms with Crippen molar-refractivity contribution in [1.29, 1.82) is 0 Å². The zero-order valence-corrected chi connectivity index (χ0v) is 19.7. The normalized spacial score (nSPS) is 19.6. The molecule has 1 aliphatic carbocycles. The first-order valence-corrected chi connectivity index (χ1v) is 12.4. The van der Waals surface area contributed by atoms with Gasteiger partial charge in [-0.15, -0.1) is 0 Å². The van der Waals surface area contributed by atoms with Crippen LogP contribution in [0.4, 0.5) is 0 Å². The third kappa shape index (κ3) is 5.89. The minimum atomic E-state index is 0.0670. The number of carbonyl (C=O) groups is 1. The molecule has 5 heteroatoms. The number of hydrogen-bond acceptors (Lipinski definition) is 4. The van der Waals surface area contributed by atoms with E-state index in [1.54, 1.807) is 0 Å². The Morgan fingerprint density at radius 1 is 1.22 bits per heavy atom. The molecule has 2 aromatic rings. The molecule has 1 aromatic heterocycles. The quantitative estimate of drug-likeness (QED) is 0.562. The van der Waals surface area contributed by atoms with E-state index in [0.29, 0.717) is 5.89 Å². The number of oxazole rings is 1. The zero-order chi connectivity index (χ0) is 22.3. The monoisotopic (exact) mass is 435 g/mol. The van der Waals surface area contributed by atoms with Gasteiger partial charge in [0.15, 0.2) is 0 Å². The number of aryl methyl sites for hydroxylation is 2. The molecule has 1 fully saturated rings. The van der Waals surface area contributed by atoms with Crippen molar-refractivity contribution in [2.24, 2.45) is 5.92 Å². The number of hydrogen-bond donors (Lipinski definition) is 1. The number of nitrogens with zero attached hydrogens (tertiary/aromatic N) is 2. The lowest BCUT2D eigenvalue weighted by Gasteiger charge is -2.31. The molecule has 1 aliphatic heterocycles. The second-order valence-electron chi connectivity index (χ2n) is 9.30. The fourth-order valence-corrected chi connectivity index (χ4v) is 4.83. The van der Waals surface area contributed by atoms with E-state index in [-0.39, 0.29) is 11.8 Å². The molecule has 0 saturated carbocycles. The summed E-state index contributed by atoms with van der Waals surface area (Å²) in [6.45, 7) is 7.44. The molecule has 5 nitrogen and oxygen atoms in total. The Kier molecular flexibility index (Phi) is 7.80. The Morgan fingerprint density at radius 3 is 2.81 bits per heavy atom. The van der Waals surface area contributed by atoms with Crippen molar-refractivity contribution in [3.05, 3.63) is 52.9 Å². The van der Waals surface area contributed by atoms with E-state index >= 15 is 0 Å². The molecule has 1 atom stereocenters. The molecule has 1 unspecified atom stereocenters. The van der Waals surface area contributed by atoms with Crippen LogP contribution in [0.2, 0.25) is 0 Å². The van der Waals surface area contributed by atoms with Crippen molar-refractivity contribution < 1.29 is 9.21 Å². The van der Waals surface area contributed by atoms with Crippen LogP contribution < -0.4 is 5.32 Å². The smallest absolute Gasteiger partial charge is 0.226 e. The molecule has 0 spiro atoms. The maximum absolute atomic E-state index is 12.8. The summed E-state index contributed by atoms with van der Waals surface area (Å²) in [6, 6.07) is 8.43. The highest BCUT2D eigenvalue weighted by Gasteiger charge is 2.27. The summed E-state index contributed by atoms with van der Waals surface area (Å²) < 4.78 is 5.98. The lowest BCUT2D eigenvalue weighted by Crippen LogP contribution is -2.43. The molecule has 2 heterocycles. The predicted octanol–water partition coefficient (Wildman–Crippen LogP) is 5.43. The van der Waals surface area contributed by atoms with Crippen molar-refractivity contribution in [2.45, 2.75) is 71.8 Å². The molecule has 1 saturated heterocycles. The molecule has 0 radical (unpaired) electrons. The van der Waals surface area contributed by atoms with Crippen molar-refractivity contribution in [2.75, 3.05) is 19.6 Å². The van der Waals surface area contributed by atoms with Crippen LogP contribution in [0.1, 0.15) is 68.9 Å². The van der Waals surface area contributed by atoms with Crippen molar-refractivity contribution in [1.82, 2.24) is 15.2 Å². The summed E-state index contributed by atoms with van der Waals surface area (Å²) in [5.41, 5.74) is 4.82. The van der Waals surface area contributed by atoms with Crippen LogP contribution in [0.5, 0.6) is 0 Å². The third-order valence-electron chi connectivity index (χ3n) is 6.88. The standard InChI is InChI=1S/C27H37N3O2/c1-3-21-11-13-23(14-12-21)27-29-25(20(2)32-27)19-30-17-7-10-24(18-30)26(31)28-16-15-22-8-5-4-6-9-22/h8,11-14,24H,3-7,9-10,15-19H2,1-2H3,(H,28,31). The highest BCUT2D eigenvalue weighted by Crippen LogP contribution is 2.25. The second kappa shape index (κ2) is 11.0. The van der Waals surface area contributed by atoms with Gasteiger partial charge < -0.3 is 9.73 Å². The van der Waals surface area contributed by atoms with E-state index in [9.17, 15) is 4.79 Å². The fraction of sp³-hybridized carbons (Fsp3) is 0.556. The minimum absolute atomic E-state index is 0.0670. The van der Waals surface area contributed by atoms with Crippen LogP contribution in [0.25, 0.3) is 11.5 Å². The van der Waals surface area contributed by atoms with Crippen molar-refractivity contribution in [3.8, 4) is 11.5 Å². The highest BCUT2D eigenvalue weighted by molar-refractivity contribution is 5.79. The Labute approximate surface area is 192 Å². The molecule has 2 aliphatic rings. The van der Waals surface area contributed by atoms with Gasteiger partial charge in [-0.05, 0) is 82.5 Å². The van der Waals surface area contributed by atoms with Crippen LogP contribution >= 0.6 is 0 Å². The zero-order valence-electron chi connectivity index (χ0n) is 19.7. The number of carbonyl (C=O) groups excluding carboxylic acids is 1. The average Bonchev–Trinajstić information content (AvgIpc) is 3.20. The number of nitrogens with one attached hydrogen (secondary N) is 1. The van der Waals surface area contributed by atoms with Gasteiger partial charge >= 0.3 is 0 Å². The van der Waals surface area contributed by atoms with Gasteiger partial charge in [0.1, 0.15) is 5.76 Å². The molecule has 1 N–H and O–H groups in total. The Balaban J connectivity index is 1.30. The number of piperidine rings is 1. The molecular formula is C27H37N3O2. The van der Waals surface area contributed by atoms with Crippen LogP contribution in [-0.2, 0) is 17.8 Å². The molecule has 1 amide bonds. The van der Waals surface area contributed by atoms with Crippen LogP contribution in [0.3, 0.4) is 0 Å². The van der Waals surface area contributed by atoms with E-state index in [4.69, 9.17) is 9.40 Å². The molecule has 172 valence electrons. The number of amides is 1. The summed E-state index contributed by atoms with van der Waals surface area (Å²) in [7, 11) is 0. The summed E-state index contributed by atoms with van der Waals surface area (Å²) >= 11 is 0. The van der Waals surface area contributed by atoms with E-state index < -0.39 is 0 Å².